The second-order valence-electron chi connectivity index (χ2n) is 6.03. The third kappa shape index (κ3) is 3.50. The van der Waals surface area contributed by atoms with Gasteiger partial charge in [0.1, 0.15) is 12.4 Å². The van der Waals surface area contributed by atoms with Crippen molar-refractivity contribution in [1.82, 2.24) is 14.5 Å². The molecule has 8 nitrogen and oxygen atoms in total. The van der Waals surface area contributed by atoms with Crippen LogP contribution in [0.3, 0.4) is 0 Å². The molecule has 8 heteroatoms. The summed E-state index contributed by atoms with van der Waals surface area (Å²) in [5.74, 6) is 1.40. The van der Waals surface area contributed by atoms with Gasteiger partial charge in [0.15, 0.2) is 11.5 Å². The number of rotatable bonds is 4. The quantitative estimate of drug-likeness (QED) is 0.761. The lowest BCUT2D eigenvalue weighted by Gasteiger charge is -2.09. The standard InChI is InChI=1S/C19H16N4O4/c1-12-3-2-6-20-19(12)22-17(24)9-23-10-21-14(8-18(23)25)13-4-5-15-16(7-13)27-11-26-15/h2-8,10H,9,11H2,1H3,(H,20,22,24). The van der Waals surface area contributed by atoms with Crippen LogP contribution in [-0.4, -0.2) is 27.2 Å². The lowest BCUT2D eigenvalue weighted by Crippen LogP contribution is -2.28. The molecule has 0 aliphatic carbocycles. The summed E-state index contributed by atoms with van der Waals surface area (Å²) in [6.07, 6.45) is 2.95. The highest BCUT2D eigenvalue weighted by molar-refractivity contribution is 5.90. The maximum absolute atomic E-state index is 12.4. The Morgan fingerprint density at radius 2 is 2.04 bits per heavy atom. The molecule has 0 saturated carbocycles. The molecule has 136 valence electrons. The Balaban J connectivity index is 1.51. The maximum atomic E-state index is 12.4. The second kappa shape index (κ2) is 6.91. The van der Waals surface area contributed by atoms with E-state index in [-0.39, 0.29) is 24.8 Å². The molecule has 0 radical (unpaired) electrons. The van der Waals surface area contributed by atoms with Gasteiger partial charge in [0, 0.05) is 17.8 Å². The van der Waals surface area contributed by atoms with Gasteiger partial charge in [0.05, 0.1) is 12.0 Å². The van der Waals surface area contributed by atoms with Gasteiger partial charge in [-0.2, -0.15) is 0 Å². The monoisotopic (exact) mass is 364 g/mol. The molecule has 0 saturated heterocycles. The summed E-state index contributed by atoms with van der Waals surface area (Å²) >= 11 is 0. The minimum atomic E-state index is -0.350. The summed E-state index contributed by atoms with van der Waals surface area (Å²) in [5, 5.41) is 2.69. The van der Waals surface area contributed by atoms with Gasteiger partial charge >= 0.3 is 0 Å². The van der Waals surface area contributed by atoms with E-state index in [4.69, 9.17) is 9.47 Å². The molecule has 0 unspecified atom stereocenters. The van der Waals surface area contributed by atoms with Crippen LogP contribution >= 0.6 is 0 Å². The van der Waals surface area contributed by atoms with Crippen LogP contribution in [0.2, 0.25) is 0 Å². The summed E-state index contributed by atoms with van der Waals surface area (Å²) in [6, 6.07) is 10.4. The van der Waals surface area contributed by atoms with Crippen LogP contribution in [0, 0.1) is 6.92 Å². The largest absolute Gasteiger partial charge is 0.454 e. The first-order valence-corrected chi connectivity index (χ1v) is 8.28. The van der Waals surface area contributed by atoms with Crippen molar-refractivity contribution in [2.75, 3.05) is 12.1 Å². The Hall–Kier alpha value is -3.68. The highest BCUT2D eigenvalue weighted by Gasteiger charge is 2.15. The number of carbonyl (C=O) groups is 1. The van der Waals surface area contributed by atoms with Crippen molar-refractivity contribution in [1.29, 1.82) is 0 Å². The zero-order valence-electron chi connectivity index (χ0n) is 14.5. The second-order valence-corrected chi connectivity index (χ2v) is 6.03. The van der Waals surface area contributed by atoms with Crippen molar-refractivity contribution < 1.29 is 14.3 Å². The molecular formula is C19H16N4O4. The molecule has 4 rings (SSSR count). The van der Waals surface area contributed by atoms with Gasteiger partial charge in [-0.1, -0.05) is 6.07 Å². The third-order valence-corrected chi connectivity index (χ3v) is 4.13. The Morgan fingerprint density at radius 1 is 1.19 bits per heavy atom. The first-order chi connectivity index (χ1) is 13.1. The molecule has 1 aromatic carbocycles. The molecule has 0 bridgehead atoms. The number of carbonyl (C=O) groups excluding carboxylic acids is 1. The number of amides is 1. The number of benzene rings is 1. The predicted octanol–water partition coefficient (Wildman–Crippen LogP) is 1.98. The van der Waals surface area contributed by atoms with Crippen LogP contribution in [0.1, 0.15) is 5.56 Å². The number of ether oxygens (including phenoxy) is 2. The SMILES string of the molecule is Cc1cccnc1NC(=O)Cn1cnc(-c2ccc3c(c2)OCO3)cc1=O. The van der Waals surface area contributed by atoms with Crippen molar-refractivity contribution in [3.8, 4) is 22.8 Å². The molecule has 2 aromatic heterocycles. The summed E-state index contributed by atoms with van der Waals surface area (Å²) in [4.78, 5) is 33.0. The van der Waals surface area contributed by atoms with Crippen LogP contribution < -0.4 is 20.3 Å². The predicted molar refractivity (Wildman–Crippen MR) is 97.7 cm³/mol. The number of pyridine rings is 1. The fourth-order valence-electron chi connectivity index (χ4n) is 2.70. The number of hydrogen-bond donors (Lipinski definition) is 1. The highest BCUT2D eigenvalue weighted by atomic mass is 16.7. The minimum absolute atomic E-state index is 0.150. The van der Waals surface area contributed by atoms with Crippen molar-refractivity contribution in [2.45, 2.75) is 13.5 Å². The van der Waals surface area contributed by atoms with Crippen LogP contribution in [0.25, 0.3) is 11.3 Å². The smallest absolute Gasteiger partial charge is 0.254 e. The van der Waals surface area contributed by atoms with Crippen LogP contribution in [-0.2, 0) is 11.3 Å². The van der Waals surface area contributed by atoms with Gasteiger partial charge in [-0.15, -0.1) is 0 Å². The fraction of sp³-hybridized carbons (Fsp3) is 0.158. The van der Waals surface area contributed by atoms with Crippen molar-refractivity contribution in [3.63, 3.8) is 0 Å². The van der Waals surface area contributed by atoms with E-state index in [0.29, 0.717) is 23.0 Å². The lowest BCUT2D eigenvalue weighted by atomic mass is 10.1. The number of fused-ring (bicyclic) bond motifs is 1. The Morgan fingerprint density at radius 3 is 2.85 bits per heavy atom. The average molecular weight is 364 g/mol. The topological polar surface area (TPSA) is 95.3 Å². The van der Waals surface area contributed by atoms with E-state index < -0.39 is 0 Å². The van der Waals surface area contributed by atoms with Crippen LogP contribution in [0.4, 0.5) is 5.82 Å². The number of nitrogens with one attached hydrogen (secondary N) is 1. The number of nitrogens with zero attached hydrogens (tertiary/aromatic N) is 3. The number of aryl methyl sites for hydroxylation is 1. The molecule has 27 heavy (non-hydrogen) atoms. The zero-order chi connectivity index (χ0) is 18.8. The molecule has 1 amide bonds. The molecule has 3 aromatic rings. The number of aromatic nitrogens is 3. The Labute approximate surface area is 154 Å². The van der Waals surface area contributed by atoms with E-state index in [1.54, 1.807) is 30.5 Å². The molecule has 0 atom stereocenters. The first kappa shape index (κ1) is 16.8. The molecule has 0 fully saturated rings. The molecule has 1 N–H and O–H groups in total. The van der Waals surface area contributed by atoms with E-state index in [1.165, 1.54) is 17.0 Å². The summed E-state index contributed by atoms with van der Waals surface area (Å²) in [6.45, 7) is 1.87. The van der Waals surface area contributed by atoms with E-state index in [2.05, 4.69) is 15.3 Å². The number of hydrogen-bond acceptors (Lipinski definition) is 6. The van der Waals surface area contributed by atoms with Gasteiger partial charge in [-0.25, -0.2) is 9.97 Å². The maximum Gasteiger partial charge on any atom is 0.254 e. The first-order valence-electron chi connectivity index (χ1n) is 8.28. The van der Waals surface area contributed by atoms with Gasteiger partial charge in [0.25, 0.3) is 5.56 Å². The lowest BCUT2D eigenvalue weighted by molar-refractivity contribution is -0.116. The summed E-state index contributed by atoms with van der Waals surface area (Å²) < 4.78 is 11.9. The van der Waals surface area contributed by atoms with Crippen LogP contribution in [0.5, 0.6) is 11.5 Å². The molecule has 1 aliphatic heterocycles. The zero-order valence-corrected chi connectivity index (χ0v) is 14.5. The summed E-state index contributed by atoms with van der Waals surface area (Å²) in [7, 11) is 0. The molecule has 0 spiro atoms. The van der Waals surface area contributed by atoms with Crippen molar-refractivity contribution in [3.05, 3.63) is 64.8 Å². The molecule has 1 aliphatic rings. The molecule has 3 heterocycles. The molecular weight excluding hydrogens is 348 g/mol. The highest BCUT2D eigenvalue weighted by Crippen LogP contribution is 2.35. The van der Waals surface area contributed by atoms with Gasteiger partial charge < -0.3 is 14.8 Å². The van der Waals surface area contributed by atoms with Gasteiger partial charge in [-0.3, -0.25) is 14.2 Å². The van der Waals surface area contributed by atoms with Crippen molar-refractivity contribution in [2.24, 2.45) is 0 Å². The van der Waals surface area contributed by atoms with Crippen molar-refractivity contribution >= 4 is 11.7 Å². The van der Waals surface area contributed by atoms with Crippen LogP contribution in [0.15, 0.2) is 53.7 Å². The van der Waals surface area contributed by atoms with Gasteiger partial charge in [0.2, 0.25) is 12.7 Å². The van der Waals surface area contributed by atoms with E-state index in [0.717, 1.165) is 11.1 Å². The summed E-state index contributed by atoms with van der Waals surface area (Å²) in [5.41, 5.74) is 1.74. The Bertz CT molecular complexity index is 1080. The van der Waals surface area contributed by atoms with E-state index >= 15 is 0 Å². The third-order valence-electron chi connectivity index (χ3n) is 4.13. The van der Waals surface area contributed by atoms with Gasteiger partial charge in [-0.05, 0) is 36.8 Å². The Kier molecular flexibility index (Phi) is 4.29. The minimum Gasteiger partial charge on any atom is -0.454 e. The van der Waals surface area contributed by atoms with E-state index in [1.807, 2.05) is 13.0 Å². The number of anilines is 1. The average Bonchev–Trinajstić information content (AvgIpc) is 3.13. The fourth-order valence-corrected chi connectivity index (χ4v) is 2.70. The van der Waals surface area contributed by atoms with E-state index in [9.17, 15) is 9.59 Å². The normalized spacial score (nSPS) is 12.0.